The van der Waals surface area contributed by atoms with Gasteiger partial charge in [-0.05, 0) is 12.1 Å². The number of hydrogen-bond acceptors (Lipinski definition) is 3. The summed E-state index contributed by atoms with van der Waals surface area (Å²) < 4.78 is 13.5. The van der Waals surface area contributed by atoms with Crippen LogP contribution >= 0.6 is 31.9 Å². The highest BCUT2D eigenvalue weighted by Crippen LogP contribution is 2.34. The maximum atomic E-state index is 13.0. The van der Waals surface area contributed by atoms with Crippen molar-refractivity contribution in [2.75, 3.05) is 0 Å². The molecule has 3 N–H and O–H groups in total. The second kappa shape index (κ2) is 5.90. The van der Waals surface area contributed by atoms with Crippen LogP contribution in [0.15, 0.2) is 21.1 Å². The zero-order chi connectivity index (χ0) is 13.2. The van der Waals surface area contributed by atoms with Gasteiger partial charge in [0.25, 0.3) is 0 Å². The summed E-state index contributed by atoms with van der Waals surface area (Å²) >= 11 is 6.09. The zero-order valence-electron chi connectivity index (χ0n) is 8.40. The van der Waals surface area contributed by atoms with Crippen LogP contribution in [-0.2, 0) is 4.79 Å². The first-order valence-corrected chi connectivity index (χ1v) is 6.14. The summed E-state index contributed by atoms with van der Waals surface area (Å²) in [5.74, 6) is -1.75. The molecule has 0 aliphatic heterocycles. The first kappa shape index (κ1) is 14.6. The smallest absolute Gasteiger partial charge is 0.306 e. The van der Waals surface area contributed by atoms with Gasteiger partial charge < -0.3 is 15.3 Å². The molecule has 2 atom stereocenters. The molecular weight excluding hydrogens is 363 g/mol. The largest absolute Gasteiger partial charge is 0.481 e. The Morgan fingerprint density at radius 2 is 1.76 bits per heavy atom. The fourth-order valence-electron chi connectivity index (χ4n) is 1.32. The minimum Gasteiger partial charge on any atom is -0.481 e. The quantitative estimate of drug-likeness (QED) is 0.758. The van der Waals surface area contributed by atoms with E-state index in [2.05, 4.69) is 31.9 Å². The normalized spacial score (nSPS) is 14.4. The van der Waals surface area contributed by atoms with Gasteiger partial charge in [-0.1, -0.05) is 31.9 Å². The molecule has 2 unspecified atom stereocenters. The standard InChI is InChI=1S/C10H9Br2FO4/c11-5-1-4(13)2-6(12)9(5)10(17)7(14)3-8(15)16/h1-2,7,10,14,17H,3H2,(H,15,16). The van der Waals surface area contributed by atoms with Gasteiger partial charge in [-0.15, -0.1) is 0 Å². The number of aliphatic carboxylic acids is 1. The summed E-state index contributed by atoms with van der Waals surface area (Å²) in [4.78, 5) is 10.4. The molecule has 0 fully saturated rings. The molecule has 1 aromatic carbocycles. The Kier molecular flexibility index (Phi) is 5.05. The van der Waals surface area contributed by atoms with E-state index in [1.165, 1.54) is 0 Å². The van der Waals surface area contributed by atoms with Gasteiger partial charge in [-0.25, -0.2) is 4.39 Å². The second-order valence-electron chi connectivity index (χ2n) is 3.39. The Labute approximate surface area is 113 Å². The number of carbonyl (C=O) groups is 1. The topological polar surface area (TPSA) is 77.8 Å². The monoisotopic (exact) mass is 370 g/mol. The fraction of sp³-hybridized carbons (Fsp3) is 0.300. The van der Waals surface area contributed by atoms with Crippen LogP contribution < -0.4 is 0 Å². The summed E-state index contributed by atoms with van der Waals surface area (Å²) in [6, 6.07) is 2.24. The molecule has 0 aromatic heterocycles. The van der Waals surface area contributed by atoms with Gasteiger partial charge in [-0.2, -0.15) is 0 Å². The molecule has 0 saturated heterocycles. The van der Waals surface area contributed by atoms with E-state index in [-0.39, 0.29) is 14.5 Å². The van der Waals surface area contributed by atoms with E-state index in [0.717, 1.165) is 12.1 Å². The second-order valence-corrected chi connectivity index (χ2v) is 5.10. The van der Waals surface area contributed by atoms with Gasteiger partial charge in [0.2, 0.25) is 0 Å². The predicted octanol–water partition coefficient (Wildman–Crippen LogP) is 2.22. The van der Waals surface area contributed by atoms with Crippen molar-refractivity contribution in [3.05, 3.63) is 32.5 Å². The number of rotatable bonds is 4. The summed E-state index contributed by atoms with van der Waals surface area (Å²) in [5.41, 5.74) is 0.208. The third-order valence-electron chi connectivity index (χ3n) is 2.09. The molecule has 0 saturated carbocycles. The molecule has 0 amide bonds. The van der Waals surface area contributed by atoms with Crippen LogP contribution in [0.3, 0.4) is 0 Å². The fourth-order valence-corrected chi connectivity index (χ4v) is 2.92. The van der Waals surface area contributed by atoms with E-state index >= 15 is 0 Å². The lowest BCUT2D eigenvalue weighted by Crippen LogP contribution is -2.22. The number of carboxylic acids is 1. The number of aliphatic hydroxyl groups is 2. The number of hydrogen-bond donors (Lipinski definition) is 3. The lowest BCUT2D eigenvalue weighted by molar-refractivity contribution is -0.141. The molecule has 0 aliphatic rings. The van der Waals surface area contributed by atoms with Crippen molar-refractivity contribution in [2.24, 2.45) is 0 Å². The molecule has 0 bridgehead atoms. The van der Waals surface area contributed by atoms with Gasteiger partial charge in [0, 0.05) is 14.5 Å². The Morgan fingerprint density at radius 1 is 1.29 bits per heavy atom. The lowest BCUT2D eigenvalue weighted by Gasteiger charge is -2.19. The SMILES string of the molecule is O=C(O)CC(O)C(O)c1c(Br)cc(F)cc1Br. The Bertz CT molecular complexity index is 415. The first-order valence-electron chi connectivity index (χ1n) is 4.55. The van der Waals surface area contributed by atoms with Crippen molar-refractivity contribution in [1.29, 1.82) is 0 Å². The maximum absolute atomic E-state index is 13.0. The Morgan fingerprint density at radius 3 is 2.18 bits per heavy atom. The summed E-state index contributed by atoms with van der Waals surface area (Å²) in [6.45, 7) is 0. The van der Waals surface area contributed by atoms with E-state index in [1.54, 1.807) is 0 Å². The molecule has 0 aliphatic carbocycles. The van der Waals surface area contributed by atoms with Crippen LogP contribution in [0, 0.1) is 5.82 Å². The minimum atomic E-state index is -1.47. The van der Waals surface area contributed by atoms with Crippen molar-refractivity contribution in [3.63, 3.8) is 0 Å². The third-order valence-corrected chi connectivity index (χ3v) is 3.40. The van der Waals surface area contributed by atoms with Crippen LogP contribution in [0.25, 0.3) is 0 Å². The summed E-state index contributed by atoms with van der Waals surface area (Å²) in [5, 5.41) is 27.8. The van der Waals surface area contributed by atoms with Crippen molar-refractivity contribution >= 4 is 37.8 Å². The van der Waals surface area contributed by atoms with Crippen molar-refractivity contribution in [1.82, 2.24) is 0 Å². The van der Waals surface area contributed by atoms with E-state index in [4.69, 9.17) is 5.11 Å². The van der Waals surface area contributed by atoms with Gasteiger partial charge in [0.15, 0.2) is 0 Å². The highest BCUT2D eigenvalue weighted by Gasteiger charge is 2.25. The van der Waals surface area contributed by atoms with Gasteiger partial charge in [0.05, 0.1) is 12.5 Å². The van der Waals surface area contributed by atoms with E-state index in [1.807, 2.05) is 0 Å². The van der Waals surface area contributed by atoms with Crippen LogP contribution in [0.1, 0.15) is 18.1 Å². The summed E-state index contributed by atoms with van der Waals surface area (Å²) in [7, 11) is 0. The summed E-state index contributed by atoms with van der Waals surface area (Å²) in [6.07, 6.45) is -3.49. The van der Waals surface area contributed by atoms with Crippen LogP contribution in [0.2, 0.25) is 0 Å². The number of halogens is 3. The van der Waals surface area contributed by atoms with Gasteiger partial charge in [-0.3, -0.25) is 4.79 Å². The molecular formula is C10H9Br2FO4. The average molecular weight is 372 g/mol. The molecule has 1 aromatic rings. The van der Waals surface area contributed by atoms with E-state index < -0.39 is 30.4 Å². The molecule has 94 valence electrons. The molecule has 0 heterocycles. The Balaban J connectivity index is 3.03. The molecule has 0 spiro atoms. The highest BCUT2D eigenvalue weighted by molar-refractivity contribution is 9.11. The predicted molar refractivity (Wildman–Crippen MR) is 65.0 cm³/mol. The number of carboxylic acid groups (broad SMARTS) is 1. The average Bonchev–Trinajstić information content (AvgIpc) is 2.14. The van der Waals surface area contributed by atoms with Crippen LogP contribution in [0.4, 0.5) is 4.39 Å². The lowest BCUT2D eigenvalue weighted by atomic mass is 10.0. The minimum absolute atomic E-state index is 0.208. The van der Waals surface area contributed by atoms with E-state index in [9.17, 15) is 19.4 Å². The molecule has 4 nitrogen and oxygen atoms in total. The van der Waals surface area contributed by atoms with Crippen molar-refractivity contribution in [3.8, 4) is 0 Å². The number of aliphatic hydroxyl groups excluding tert-OH is 2. The number of benzene rings is 1. The highest BCUT2D eigenvalue weighted by atomic mass is 79.9. The van der Waals surface area contributed by atoms with Crippen molar-refractivity contribution in [2.45, 2.75) is 18.6 Å². The molecule has 7 heteroatoms. The van der Waals surface area contributed by atoms with Gasteiger partial charge >= 0.3 is 5.97 Å². The van der Waals surface area contributed by atoms with Gasteiger partial charge in [0.1, 0.15) is 11.9 Å². The Hall–Kier alpha value is -0.500. The molecule has 0 radical (unpaired) electrons. The molecule has 1 rings (SSSR count). The zero-order valence-corrected chi connectivity index (χ0v) is 11.6. The third kappa shape index (κ3) is 3.74. The van der Waals surface area contributed by atoms with Crippen molar-refractivity contribution < 1.29 is 24.5 Å². The maximum Gasteiger partial charge on any atom is 0.306 e. The van der Waals surface area contributed by atoms with E-state index in [0.29, 0.717) is 0 Å². The first-order chi connectivity index (χ1) is 7.82. The molecule has 17 heavy (non-hydrogen) atoms. The van der Waals surface area contributed by atoms with Crippen LogP contribution in [-0.4, -0.2) is 27.4 Å². The van der Waals surface area contributed by atoms with Crippen LogP contribution in [0.5, 0.6) is 0 Å².